The van der Waals surface area contributed by atoms with Gasteiger partial charge >= 0.3 is 0 Å². The van der Waals surface area contributed by atoms with E-state index < -0.39 is 5.82 Å². The molecule has 0 atom stereocenters. The third-order valence-electron chi connectivity index (χ3n) is 3.65. The van der Waals surface area contributed by atoms with Gasteiger partial charge in [0.15, 0.2) is 0 Å². The van der Waals surface area contributed by atoms with E-state index in [1.165, 1.54) is 36.9 Å². The molecule has 0 unspecified atom stereocenters. The van der Waals surface area contributed by atoms with E-state index in [0.29, 0.717) is 5.69 Å². The summed E-state index contributed by atoms with van der Waals surface area (Å²) in [5, 5.41) is 7.34. The Morgan fingerprint density at radius 1 is 0.962 bits per heavy atom. The van der Waals surface area contributed by atoms with Crippen LogP contribution in [0, 0.1) is 5.82 Å². The zero-order chi connectivity index (χ0) is 18.5. The molecule has 0 fully saturated rings. The smallest absolute Gasteiger partial charge is 0.234 e. The predicted octanol–water partition coefficient (Wildman–Crippen LogP) is 4.67. The molecule has 4 nitrogen and oxygen atoms in total. The van der Waals surface area contributed by atoms with Crippen molar-refractivity contribution < 1.29 is 14.0 Å². The van der Waals surface area contributed by atoms with Crippen molar-refractivity contribution in [1.82, 2.24) is 0 Å². The van der Waals surface area contributed by atoms with Gasteiger partial charge in [0.1, 0.15) is 5.82 Å². The number of carbonyl (C=O) groups is 2. The molecular formula is C20H17FN2O2S. The van der Waals surface area contributed by atoms with Gasteiger partial charge in [-0.25, -0.2) is 4.39 Å². The van der Waals surface area contributed by atoms with Crippen molar-refractivity contribution in [3.8, 4) is 0 Å². The van der Waals surface area contributed by atoms with Crippen molar-refractivity contribution in [2.24, 2.45) is 0 Å². The summed E-state index contributed by atoms with van der Waals surface area (Å²) in [7, 11) is 0. The Morgan fingerprint density at radius 2 is 1.73 bits per heavy atom. The minimum absolute atomic E-state index is 0.0420. The fourth-order valence-electron chi connectivity index (χ4n) is 2.49. The van der Waals surface area contributed by atoms with Crippen LogP contribution >= 0.6 is 11.8 Å². The van der Waals surface area contributed by atoms with E-state index in [1.54, 1.807) is 0 Å². The molecule has 26 heavy (non-hydrogen) atoms. The summed E-state index contributed by atoms with van der Waals surface area (Å²) in [6, 6.07) is 18.0. The first-order valence-electron chi connectivity index (χ1n) is 8.00. The van der Waals surface area contributed by atoms with Crippen LogP contribution in [0.1, 0.15) is 6.92 Å². The summed E-state index contributed by atoms with van der Waals surface area (Å²) >= 11 is 1.38. The number of benzene rings is 3. The lowest BCUT2D eigenvalue weighted by Crippen LogP contribution is -2.15. The molecule has 0 aliphatic rings. The molecule has 0 bridgehead atoms. The predicted molar refractivity (Wildman–Crippen MR) is 104 cm³/mol. The molecule has 0 spiro atoms. The van der Waals surface area contributed by atoms with Crippen LogP contribution in [0.25, 0.3) is 10.8 Å². The molecule has 3 aromatic rings. The topological polar surface area (TPSA) is 58.2 Å². The van der Waals surface area contributed by atoms with Gasteiger partial charge in [0.2, 0.25) is 11.8 Å². The Morgan fingerprint density at radius 3 is 2.50 bits per heavy atom. The lowest BCUT2D eigenvalue weighted by atomic mass is 10.1. The Kier molecular flexibility index (Phi) is 5.53. The van der Waals surface area contributed by atoms with Gasteiger partial charge < -0.3 is 10.6 Å². The van der Waals surface area contributed by atoms with Crippen LogP contribution < -0.4 is 10.6 Å². The van der Waals surface area contributed by atoms with Crippen LogP contribution in [0.3, 0.4) is 0 Å². The molecule has 0 aliphatic carbocycles. The second-order valence-electron chi connectivity index (χ2n) is 5.72. The highest BCUT2D eigenvalue weighted by atomic mass is 32.2. The number of fused-ring (bicyclic) bond motifs is 1. The first-order chi connectivity index (χ1) is 12.5. The summed E-state index contributed by atoms with van der Waals surface area (Å²) in [6.07, 6.45) is 0. The molecule has 2 N–H and O–H groups in total. The maximum Gasteiger partial charge on any atom is 0.234 e. The quantitative estimate of drug-likeness (QED) is 0.644. The third kappa shape index (κ3) is 4.61. The summed E-state index contributed by atoms with van der Waals surface area (Å²) in [5.74, 6) is -0.978. The number of nitrogens with one attached hydrogen (secondary N) is 2. The average Bonchev–Trinajstić information content (AvgIpc) is 2.62. The number of carbonyl (C=O) groups excluding carboxylic acids is 2. The van der Waals surface area contributed by atoms with Crippen molar-refractivity contribution in [3.05, 3.63) is 66.5 Å². The Bertz CT molecular complexity index is 975. The summed E-state index contributed by atoms with van der Waals surface area (Å²) in [4.78, 5) is 24.2. The molecule has 0 aliphatic heterocycles. The maximum atomic E-state index is 13.9. The van der Waals surface area contributed by atoms with Crippen molar-refractivity contribution >= 4 is 45.7 Å². The summed E-state index contributed by atoms with van der Waals surface area (Å²) in [5.41, 5.74) is 0.469. The lowest BCUT2D eigenvalue weighted by Gasteiger charge is -2.09. The van der Waals surface area contributed by atoms with E-state index in [4.69, 9.17) is 0 Å². The number of hydrogen-bond donors (Lipinski definition) is 2. The van der Waals surface area contributed by atoms with Crippen LogP contribution in [0.2, 0.25) is 0 Å². The maximum absolute atomic E-state index is 13.9. The van der Waals surface area contributed by atoms with Gasteiger partial charge in [-0.05, 0) is 41.1 Å². The monoisotopic (exact) mass is 368 g/mol. The zero-order valence-corrected chi connectivity index (χ0v) is 14.9. The highest BCUT2D eigenvalue weighted by Gasteiger charge is 2.09. The Labute approximate surface area is 154 Å². The standard InChI is InChI=1S/C20H17FN2O2S/c1-13(24)22-16-7-9-18(21)19(11-16)23-20(25)12-26-17-8-6-14-4-2-3-5-15(14)10-17/h2-11H,12H2,1H3,(H,22,24)(H,23,25). The Balaban J connectivity index is 1.64. The average molecular weight is 368 g/mol. The fourth-order valence-corrected chi connectivity index (χ4v) is 3.24. The second-order valence-corrected chi connectivity index (χ2v) is 6.77. The lowest BCUT2D eigenvalue weighted by molar-refractivity contribution is -0.114. The van der Waals surface area contributed by atoms with Crippen molar-refractivity contribution in [2.75, 3.05) is 16.4 Å². The van der Waals surface area contributed by atoms with Crippen LogP contribution in [0.15, 0.2) is 65.6 Å². The van der Waals surface area contributed by atoms with Crippen LogP contribution in [-0.4, -0.2) is 17.6 Å². The van der Waals surface area contributed by atoms with Gasteiger partial charge in [-0.2, -0.15) is 0 Å². The fraction of sp³-hybridized carbons (Fsp3) is 0.100. The number of thioether (sulfide) groups is 1. The highest BCUT2D eigenvalue weighted by molar-refractivity contribution is 8.00. The van der Waals surface area contributed by atoms with Crippen molar-refractivity contribution in [1.29, 1.82) is 0 Å². The highest BCUT2D eigenvalue weighted by Crippen LogP contribution is 2.24. The molecule has 0 heterocycles. The van der Waals surface area contributed by atoms with Crippen molar-refractivity contribution in [3.63, 3.8) is 0 Å². The van der Waals surface area contributed by atoms with Crippen LogP contribution in [0.5, 0.6) is 0 Å². The van der Waals surface area contributed by atoms with Crippen molar-refractivity contribution in [2.45, 2.75) is 11.8 Å². The van der Waals surface area contributed by atoms with E-state index in [9.17, 15) is 14.0 Å². The molecule has 6 heteroatoms. The normalized spacial score (nSPS) is 10.5. The molecule has 0 radical (unpaired) electrons. The molecule has 2 amide bonds. The number of hydrogen-bond acceptors (Lipinski definition) is 3. The van der Waals surface area contributed by atoms with E-state index in [0.717, 1.165) is 15.7 Å². The number of anilines is 2. The third-order valence-corrected chi connectivity index (χ3v) is 4.65. The van der Waals surface area contributed by atoms with Gasteiger partial charge in [-0.3, -0.25) is 9.59 Å². The summed E-state index contributed by atoms with van der Waals surface area (Å²) in [6.45, 7) is 1.36. The molecule has 132 valence electrons. The van der Waals surface area contributed by atoms with Gasteiger partial charge in [0, 0.05) is 17.5 Å². The minimum atomic E-state index is -0.553. The van der Waals surface area contributed by atoms with Crippen LogP contribution in [0.4, 0.5) is 15.8 Å². The van der Waals surface area contributed by atoms with Gasteiger partial charge in [0.05, 0.1) is 11.4 Å². The molecule has 3 rings (SSSR count). The molecule has 3 aromatic carbocycles. The zero-order valence-electron chi connectivity index (χ0n) is 14.1. The molecule has 0 saturated heterocycles. The van der Waals surface area contributed by atoms with Gasteiger partial charge in [-0.1, -0.05) is 30.3 Å². The summed E-state index contributed by atoms with van der Waals surface area (Å²) < 4.78 is 13.9. The van der Waals surface area contributed by atoms with Gasteiger partial charge in [-0.15, -0.1) is 11.8 Å². The van der Waals surface area contributed by atoms with E-state index in [1.807, 2.05) is 42.5 Å². The first kappa shape index (κ1) is 17.9. The SMILES string of the molecule is CC(=O)Nc1ccc(F)c(NC(=O)CSc2ccc3ccccc3c2)c1. The largest absolute Gasteiger partial charge is 0.326 e. The van der Waals surface area contributed by atoms with E-state index in [2.05, 4.69) is 10.6 Å². The first-order valence-corrected chi connectivity index (χ1v) is 8.98. The van der Waals surface area contributed by atoms with E-state index in [-0.39, 0.29) is 23.3 Å². The number of rotatable bonds is 5. The minimum Gasteiger partial charge on any atom is -0.326 e. The second kappa shape index (κ2) is 8.01. The van der Waals surface area contributed by atoms with Crippen LogP contribution in [-0.2, 0) is 9.59 Å². The van der Waals surface area contributed by atoms with E-state index >= 15 is 0 Å². The number of amides is 2. The van der Waals surface area contributed by atoms with Gasteiger partial charge in [0.25, 0.3) is 0 Å². The molecular weight excluding hydrogens is 351 g/mol. The molecule has 0 aromatic heterocycles. The number of halogens is 1. The molecule has 0 saturated carbocycles. The Hall–Kier alpha value is -2.86.